The molecule has 6 nitrogen and oxygen atoms in total. The summed E-state index contributed by atoms with van der Waals surface area (Å²) < 4.78 is 25.5. The van der Waals surface area contributed by atoms with Gasteiger partial charge in [-0.25, -0.2) is 9.38 Å². The van der Waals surface area contributed by atoms with E-state index < -0.39 is 45.4 Å². The van der Waals surface area contributed by atoms with Gasteiger partial charge in [-0.15, -0.1) is 0 Å². The zero-order valence-corrected chi connectivity index (χ0v) is 7.41. The van der Waals surface area contributed by atoms with E-state index in [9.17, 15) is 28.0 Å². The van der Waals surface area contributed by atoms with Crippen LogP contribution < -0.4 is 27.0 Å². The van der Waals surface area contributed by atoms with E-state index in [-0.39, 0.29) is 0 Å². The van der Waals surface area contributed by atoms with Crippen molar-refractivity contribution in [1.82, 2.24) is 0 Å². The Morgan fingerprint density at radius 2 is 1.56 bits per heavy atom. The van der Waals surface area contributed by atoms with Crippen molar-refractivity contribution in [3.05, 3.63) is 40.9 Å². The van der Waals surface area contributed by atoms with E-state index in [4.69, 9.17) is 0 Å². The zero-order chi connectivity index (χ0) is 12.0. The number of halogens is 2. The minimum absolute atomic E-state index is 0.775. The molecule has 0 saturated carbocycles. The van der Waals surface area contributed by atoms with Crippen LogP contribution in [-0.2, 0) is 0 Å². The van der Waals surface area contributed by atoms with Crippen molar-refractivity contribution < 1.29 is 8.78 Å². The first-order valence-electron chi connectivity index (χ1n) is 4.00. The Hall–Kier alpha value is -2.25. The largest absolute Gasteiger partial charge is 0.344 e. The van der Waals surface area contributed by atoms with Crippen LogP contribution in [-0.4, -0.2) is 12.3 Å². The summed E-state index contributed by atoms with van der Waals surface area (Å²) in [4.78, 5) is 47.0. The number of hydrogen-bond donors (Lipinski definition) is 1. The quantitative estimate of drug-likeness (QED) is 0.441. The highest BCUT2D eigenvalue weighted by atomic mass is 19.2. The van der Waals surface area contributed by atoms with E-state index in [1.807, 2.05) is 0 Å². The first-order chi connectivity index (χ1) is 7.43. The number of benzene rings is 1. The Labute approximate surface area is 84.6 Å². The van der Waals surface area contributed by atoms with E-state index >= 15 is 0 Å². The molecule has 1 aliphatic heterocycles. The molecule has 82 valence electrons. The topological polar surface area (TPSA) is 92.7 Å². The van der Waals surface area contributed by atoms with Crippen LogP contribution in [0.2, 0.25) is 0 Å². The summed E-state index contributed by atoms with van der Waals surface area (Å²) in [5.74, 6) is -1.58. The summed E-state index contributed by atoms with van der Waals surface area (Å²) in [6.07, 6.45) is -2.41. The second-order valence-corrected chi connectivity index (χ2v) is 2.98. The molecule has 2 rings (SSSR count). The Balaban J connectivity index is 2.99. The van der Waals surface area contributed by atoms with Crippen molar-refractivity contribution in [3.8, 4) is 0 Å². The van der Waals surface area contributed by atoms with E-state index in [0.29, 0.717) is 0 Å². The van der Waals surface area contributed by atoms with E-state index in [1.54, 1.807) is 5.32 Å². The lowest BCUT2D eigenvalue weighted by molar-refractivity contribution is 0.434. The van der Waals surface area contributed by atoms with Crippen molar-refractivity contribution in [3.63, 3.8) is 0 Å². The van der Waals surface area contributed by atoms with Gasteiger partial charge in [-0.2, -0.15) is 4.39 Å². The van der Waals surface area contributed by atoms with Crippen molar-refractivity contribution in [2.45, 2.75) is 6.30 Å². The number of fused-ring (bicyclic) bond motifs is 1. The summed E-state index contributed by atoms with van der Waals surface area (Å²) >= 11 is 0. The number of aliphatic imine (C=N–C) groups is 1. The van der Waals surface area contributed by atoms with Gasteiger partial charge in [-0.05, 0) is 0 Å². The molecule has 0 aromatic heterocycles. The van der Waals surface area contributed by atoms with E-state index in [1.165, 1.54) is 0 Å². The SMILES string of the molecule is O=c1c2c(c(=O)c(=O)c1=O)NC(F)C(F)=N2. The third-order valence-electron chi connectivity index (χ3n) is 2.00. The van der Waals surface area contributed by atoms with Gasteiger partial charge in [0.25, 0.3) is 21.7 Å². The van der Waals surface area contributed by atoms with Gasteiger partial charge < -0.3 is 5.32 Å². The summed E-state index contributed by atoms with van der Waals surface area (Å²) in [6.45, 7) is 0. The van der Waals surface area contributed by atoms with Gasteiger partial charge in [0.15, 0.2) is 0 Å². The molecule has 0 spiro atoms. The minimum Gasteiger partial charge on any atom is -0.344 e. The van der Waals surface area contributed by atoms with Gasteiger partial charge in [0.2, 0.25) is 12.3 Å². The predicted octanol–water partition coefficient (Wildman–Crippen LogP) is -1.28. The number of nitrogens with zero attached hydrogens (tertiary/aromatic N) is 1. The maximum Gasteiger partial charge on any atom is 0.279 e. The third kappa shape index (κ3) is 1.19. The molecule has 1 aliphatic rings. The second kappa shape index (κ2) is 3.12. The Bertz CT molecular complexity index is 702. The van der Waals surface area contributed by atoms with Gasteiger partial charge in [0.05, 0.1) is 0 Å². The first kappa shape index (κ1) is 10.3. The normalized spacial score (nSPS) is 18.6. The van der Waals surface area contributed by atoms with Gasteiger partial charge in [0.1, 0.15) is 11.4 Å². The fourth-order valence-corrected chi connectivity index (χ4v) is 1.24. The Morgan fingerprint density at radius 3 is 2.19 bits per heavy atom. The molecule has 0 bridgehead atoms. The van der Waals surface area contributed by atoms with Crippen LogP contribution in [0, 0.1) is 0 Å². The van der Waals surface area contributed by atoms with E-state index in [0.717, 1.165) is 0 Å². The molecule has 1 aromatic carbocycles. The molecule has 16 heavy (non-hydrogen) atoms. The minimum atomic E-state index is -2.41. The Morgan fingerprint density at radius 1 is 1.00 bits per heavy atom. The van der Waals surface area contributed by atoms with Crippen molar-refractivity contribution in [2.75, 3.05) is 5.32 Å². The van der Waals surface area contributed by atoms with Crippen LogP contribution >= 0.6 is 0 Å². The van der Waals surface area contributed by atoms with Gasteiger partial charge in [0, 0.05) is 0 Å². The molecule has 1 atom stereocenters. The van der Waals surface area contributed by atoms with Gasteiger partial charge in [-0.3, -0.25) is 19.2 Å². The maximum atomic E-state index is 12.8. The molecule has 1 heterocycles. The number of rotatable bonds is 0. The smallest absolute Gasteiger partial charge is 0.279 e. The maximum absolute atomic E-state index is 12.8. The summed E-state index contributed by atoms with van der Waals surface area (Å²) in [5.41, 5.74) is -7.63. The number of anilines is 1. The lowest BCUT2D eigenvalue weighted by atomic mass is 10.2. The van der Waals surface area contributed by atoms with Crippen molar-refractivity contribution >= 4 is 17.3 Å². The summed E-state index contributed by atoms with van der Waals surface area (Å²) in [7, 11) is 0. The molecule has 1 aromatic rings. The molecule has 0 saturated heterocycles. The van der Waals surface area contributed by atoms with Crippen LogP contribution in [0.25, 0.3) is 0 Å². The molecular weight excluding hydrogens is 226 g/mol. The van der Waals surface area contributed by atoms with Crippen molar-refractivity contribution in [2.24, 2.45) is 4.99 Å². The third-order valence-corrected chi connectivity index (χ3v) is 2.00. The lowest BCUT2D eigenvalue weighted by Crippen LogP contribution is -2.49. The van der Waals surface area contributed by atoms with Crippen molar-refractivity contribution in [1.29, 1.82) is 0 Å². The Kier molecular flexibility index (Phi) is 2.00. The number of hydrogen-bond acceptors (Lipinski definition) is 6. The highest BCUT2D eigenvalue weighted by molar-refractivity contribution is 5.90. The highest BCUT2D eigenvalue weighted by Crippen LogP contribution is 2.21. The van der Waals surface area contributed by atoms with E-state index in [2.05, 4.69) is 4.99 Å². The van der Waals surface area contributed by atoms with Crippen LogP contribution in [0.5, 0.6) is 0 Å². The van der Waals surface area contributed by atoms with Crippen LogP contribution in [0.4, 0.5) is 20.2 Å². The zero-order valence-electron chi connectivity index (χ0n) is 7.41. The monoisotopic (exact) mass is 228 g/mol. The lowest BCUT2D eigenvalue weighted by Gasteiger charge is -2.14. The summed E-state index contributed by atoms with van der Waals surface area (Å²) in [5, 5.41) is 1.66. The number of alkyl halides is 1. The molecule has 0 fully saturated rings. The molecule has 0 aliphatic carbocycles. The highest BCUT2D eigenvalue weighted by Gasteiger charge is 2.28. The molecule has 1 unspecified atom stereocenters. The predicted molar refractivity (Wildman–Crippen MR) is 50.6 cm³/mol. The average molecular weight is 228 g/mol. The number of nitrogens with one attached hydrogen (secondary N) is 1. The van der Waals surface area contributed by atoms with Gasteiger partial charge in [-0.1, -0.05) is 0 Å². The standard InChI is InChI=1S/C8H2F2N2O4/c9-7-8(10)12-2-1(11-7)3(13)5(15)6(16)4(2)14/h7,11H. The molecule has 1 N–H and O–H groups in total. The fraction of sp³-hybridized carbons (Fsp3) is 0.125. The average Bonchev–Trinajstić information content (AvgIpc) is 2.26. The molecule has 0 radical (unpaired) electrons. The van der Waals surface area contributed by atoms with Gasteiger partial charge >= 0.3 is 0 Å². The fourth-order valence-electron chi connectivity index (χ4n) is 1.24. The second-order valence-electron chi connectivity index (χ2n) is 2.98. The first-order valence-corrected chi connectivity index (χ1v) is 4.00. The van der Waals surface area contributed by atoms with Crippen LogP contribution in [0.1, 0.15) is 0 Å². The summed E-state index contributed by atoms with van der Waals surface area (Å²) in [6, 6.07) is 0. The molecule has 8 heteroatoms. The van der Waals surface area contributed by atoms with Crippen LogP contribution in [0.3, 0.4) is 0 Å². The molecular formula is C8H2F2N2O4. The van der Waals surface area contributed by atoms with Crippen LogP contribution in [0.15, 0.2) is 24.2 Å². The molecule has 0 amide bonds.